The van der Waals surface area contributed by atoms with Crippen molar-refractivity contribution >= 4 is 93.6 Å². The zero-order valence-corrected chi connectivity index (χ0v) is 26.9. The number of hydrogen-bond acceptors (Lipinski definition) is 2. The first-order chi connectivity index (χ1) is 23.2. The molecule has 4 heterocycles. The fourth-order valence-electron chi connectivity index (χ4n) is 8.52. The second kappa shape index (κ2) is 9.40. The van der Waals surface area contributed by atoms with Crippen LogP contribution in [0.25, 0.3) is 77.7 Å². The van der Waals surface area contributed by atoms with Gasteiger partial charge in [-0.3, -0.25) is 0 Å². The van der Waals surface area contributed by atoms with Crippen LogP contribution in [0.2, 0.25) is 0 Å². The van der Waals surface area contributed by atoms with Gasteiger partial charge < -0.3 is 18.0 Å². The summed E-state index contributed by atoms with van der Waals surface area (Å²) in [5.41, 5.74) is 9.12. The summed E-state index contributed by atoms with van der Waals surface area (Å²) in [4.78, 5) is 0. The number of benzene rings is 5. The van der Waals surface area contributed by atoms with E-state index >= 15 is 0 Å². The molecule has 4 nitrogen and oxygen atoms in total. The van der Waals surface area contributed by atoms with Crippen molar-refractivity contribution in [3.63, 3.8) is 0 Å². The standard InChI is InChI=1S/C42H27BrN2O2/c43-33-23-31-30-21-24(44-34-13-5-1-9-26(34)27-10-2-6-14-35(27)44)17-19-38(30)46-41(31)42-40(33)32-22-25(18-20-39(32)47-42)45-36-15-7-3-11-28(36)29-12-4-8-16-37(29)45/h1-20,23-25H,21-22H2. The molecule has 11 rings (SSSR count). The van der Waals surface area contributed by atoms with E-state index in [1.165, 1.54) is 54.7 Å². The van der Waals surface area contributed by atoms with Crippen LogP contribution in [0.3, 0.4) is 0 Å². The van der Waals surface area contributed by atoms with Crippen molar-refractivity contribution in [2.75, 3.05) is 0 Å². The third kappa shape index (κ3) is 3.47. The van der Waals surface area contributed by atoms with E-state index in [2.05, 4.69) is 152 Å². The molecule has 224 valence electrons. The van der Waals surface area contributed by atoms with E-state index in [9.17, 15) is 0 Å². The first-order valence-electron chi connectivity index (χ1n) is 16.2. The van der Waals surface area contributed by atoms with E-state index in [0.717, 1.165) is 50.8 Å². The van der Waals surface area contributed by atoms with Crippen LogP contribution in [0.4, 0.5) is 0 Å². The highest BCUT2D eigenvalue weighted by atomic mass is 79.9. The Morgan fingerprint density at radius 2 is 0.936 bits per heavy atom. The van der Waals surface area contributed by atoms with Crippen LogP contribution in [0.15, 0.2) is 129 Å². The zero-order valence-electron chi connectivity index (χ0n) is 25.3. The summed E-state index contributed by atoms with van der Waals surface area (Å²) in [7, 11) is 0. The summed E-state index contributed by atoms with van der Waals surface area (Å²) in [6, 6.07) is 37.5. The van der Waals surface area contributed by atoms with Gasteiger partial charge in [0, 0.05) is 82.8 Å². The average molecular weight is 672 g/mol. The first-order valence-corrected chi connectivity index (χ1v) is 17.0. The van der Waals surface area contributed by atoms with Crippen LogP contribution in [0, 0.1) is 0 Å². The Morgan fingerprint density at radius 3 is 1.45 bits per heavy atom. The Hall–Kier alpha value is -5.26. The second-order valence-corrected chi connectivity index (χ2v) is 13.8. The highest BCUT2D eigenvalue weighted by Crippen LogP contribution is 2.47. The summed E-state index contributed by atoms with van der Waals surface area (Å²) in [6.45, 7) is 0. The predicted octanol–water partition coefficient (Wildman–Crippen LogP) is 11.8. The fourth-order valence-corrected chi connectivity index (χ4v) is 9.17. The van der Waals surface area contributed by atoms with E-state index in [1.54, 1.807) is 0 Å². The number of furan rings is 2. The lowest BCUT2D eigenvalue weighted by Gasteiger charge is -2.21. The molecule has 2 atom stereocenters. The van der Waals surface area contributed by atoms with Gasteiger partial charge in [-0.2, -0.15) is 0 Å². The number of aromatic nitrogens is 2. The number of para-hydroxylation sites is 4. The third-order valence-electron chi connectivity index (χ3n) is 10.5. The van der Waals surface area contributed by atoms with E-state index in [1.807, 2.05) is 0 Å². The molecule has 9 aromatic rings. The first kappa shape index (κ1) is 25.9. The lowest BCUT2D eigenvalue weighted by atomic mass is 9.94. The number of allylic oxidation sites excluding steroid dienone is 2. The maximum absolute atomic E-state index is 6.67. The zero-order chi connectivity index (χ0) is 30.8. The molecule has 47 heavy (non-hydrogen) atoms. The number of fused-ring (bicyclic) bond motifs is 13. The molecule has 2 aliphatic rings. The van der Waals surface area contributed by atoms with Crippen molar-refractivity contribution < 1.29 is 8.83 Å². The van der Waals surface area contributed by atoms with E-state index in [0.29, 0.717) is 0 Å². The molecule has 0 N–H and O–H groups in total. The maximum Gasteiger partial charge on any atom is 0.179 e. The topological polar surface area (TPSA) is 36.1 Å². The minimum Gasteiger partial charge on any atom is -0.452 e. The molecule has 0 amide bonds. The number of halogens is 1. The quantitative estimate of drug-likeness (QED) is 0.183. The largest absolute Gasteiger partial charge is 0.452 e. The van der Waals surface area contributed by atoms with Crippen LogP contribution in [0.5, 0.6) is 0 Å². The molecule has 5 heteroatoms. The van der Waals surface area contributed by atoms with Crippen LogP contribution in [-0.4, -0.2) is 9.13 Å². The van der Waals surface area contributed by atoms with Crippen molar-refractivity contribution in [2.45, 2.75) is 24.9 Å². The van der Waals surface area contributed by atoms with Crippen LogP contribution in [-0.2, 0) is 12.8 Å². The van der Waals surface area contributed by atoms with Crippen molar-refractivity contribution in [3.8, 4) is 0 Å². The lowest BCUT2D eigenvalue weighted by Crippen LogP contribution is -2.12. The SMILES string of the molecule is Brc1cc2c3c(oc2c2oc4c(c12)CC(n1c2ccccc2c2ccccc21)C=C4)C=CC(n1c2ccccc2c2ccccc21)C3. The molecule has 2 unspecified atom stereocenters. The maximum atomic E-state index is 6.67. The number of nitrogens with zero attached hydrogens (tertiary/aromatic N) is 2. The van der Waals surface area contributed by atoms with Gasteiger partial charge in [-0.05, 0) is 58.4 Å². The van der Waals surface area contributed by atoms with Crippen molar-refractivity contribution in [3.05, 3.63) is 142 Å². The van der Waals surface area contributed by atoms with Gasteiger partial charge in [0.25, 0.3) is 0 Å². The Bertz CT molecular complexity index is 2730. The van der Waals surface area contributed by atoms with Gasteiger partial charge in [0.1, 0.15) is 11.5 Å². The van der Waals surface area contributed by atoms with Gasteiger partial charge in [-0.15, -0.1) is 0 Å². The van der Waals surface area contributed by atoms with Gasteiger partial charge in [0.2, 0.25) is 0 Å². The smallest absolute Gasteiger partial charge is 0.179 e. The molecule has 0 fully saturated rings. The highest BCUT2D eigenvalue weighted by Gasteiger charge is 2.30. The van der Waals surface area contributed by atoms with Crippen LogP contribution >= 0.6 is 15.9 Å². The van der Waals surface area contributed by atoms with Gasteiger partial charge in [-0.1, -0.05) is 84.9 Å². The molecule has 5 aromatic carbocycles. The molecular weight excluding hydrogens is 644 g/mol. The second-order valence-electron chi connectivity index (χ2n) is 12.9. The summed E-state index contributed by atoms with van der Waals surface area (Å²) in [6.07, 6.45) is 10.6. The molecule has 0 saturated heterocycles. The molecule has 2 aliphatic carbocycles. The number of hydrogen-bond donors (Lipinski definition) is 0. The fraction of sp³-hybridized carbons (Fsp3) is 0.0952. The van der Waals surface area contributed by atoms with Gasteiger partial charge in [0.05, 0.1) is 12.1 Å². The predicted molar refractivity (Wildman–Crippen MR) is 196 cm³/mol. The Balaban J connectivity index is 1.04. The van der Waals surface area contributed by atoms with E-state index < -0.39 is 0 Å². The monoisotopic (exact) mass is 670 g/mol. The molecule has 0 radical (unpaired) electrons. The van der Waals surface area contributed by atoms with E-state index in [4.69, 9.17) is 8.83 Å². The molecule has 4 aromatic heterocycles. The Morgan fingerprint density at radius 1 is 0.511 bits per heavy atom. The minimum atomic E-state index is 0.162. The molecule has 0 spiro atoms. The Kier molecular flexibility index (Phi) is 5.17. The summed E-state index contributed by atoms with van der Waals surface area (Å²) in [5.74, 6) is 1.84. The highest BCUT2D eigenvalue weighted by molar-refractivity contribution is 9.10. The normalized spacial score (nSPS) is 17.6. The summed E-state index contributed by atoms with van der Waals surface area (Å²) < 4.78 is 19.3. The lowest BCUT2D eigenvalue weighted by molar-refractivity contribution is 0.550. The molecule has 0 bridgehead atoms. The van der Waals surface area contributed by atoms with Gasteiger partial charge in [-0.25, -0.2) is 0 Å². The van der Waals surface area contributed by atoms with Gasteiger partial charge in [0.15, 0.2) is 11.2 Å². The minimum absolute atomic E-state index is 0.162. The average Bonchev–Trinajstić information content (AvgIpc) is 3.86. The number of rotatable bonds is 2. The molecule has 0 saturated carbocycles. The molecular formula is C42H27BrN2O2. The van der Waals surface area contributed by atoms with Crippen molar-refractivity contribution in [2.24, 2.45) is 0 Å². The van der Waals surface area contributed by atoms with Crippen LogP contribution < -0.4 is 0 Å². The van der Waals surface area contributed by atoms with E-state index in [-0.39, 0.29) is 12.1 Å². The summed E-state index contributed by atoms with van der Waals surface area (Å²) >= 11 is 4.00. The van der Waals surface area contributed by atoms with Crippen LogP contribution in [0.1, 0.15) is 34.7 Å². The van der Waals surface area contributed by atoms with Crippen molar-refractivity contribution in [1.29, 1.82) is 0 Å². The third-order valence-corrected chi connectivity index (χ3v) is 11.1. The summed E-state index contributed by atoms with van der Waals surface area (Å²) in [5, 5.41) is 7.38. The van der Waals surface area contributed by atoms with Crippen molar-refractivity contribution in [1.82, 2.24) is 9.13 Å². The Labute approximate surface area is 277 Å². The van der Waals surface area contributed by atoms with Gasteiger partial charge >= 0.3 is 0 Å². The molecule has 0 aliphatic heterocycles.